The van der Waals surface area contributed by atoms with Crippen LogP contribution in [0.2, 0.25) is 5.02 Å². The largest absolute Gasteiger partial charge is 0.478 e. The van der Waals surface area contributed by atoms with Crippen molar-refractivity contribution in [1.29, 1.82) is 0 Å². The van der Waals surface area contributed by atoms with E-state index in [0.29, 0.717) is 10.7 Å². The minimum absolute atomic E-state index is 0.0772. The number of para-hydroxylation sites is 1. The average molecular weight is 487 g/mol. The molecule has 0 heterocycles. The summed E-state index contributed by atoms with van der Waals surface area (Å²) in [6, 6.07) is 14.9. The van der Waals surface area contributed by atoms with E-state index >= 15 is 0 Å². The van der Waals surface area contributed by atoms with Crippen LogP contribution in [-0.2, 0) is 0 Å². The number of nitrogens with one attached hydrogen (secondary N) is 2. The molecule has 0 saturated heterocycles. The van der Waals surface area contributed by atoms with E-state index in [1.165, 1.54) is 77.0 Å². The number of carboxylic acids is 1. The molecule has 1 atom stereocenters. The molecule has 0 bridgehead atoms. The maximum absolute atomic E-state index is 11.7. The minimum atomic E-state index is -0.960. The fourth-order valence-electron chi connectivity index (χ4n) is 4.29. The number of benzene rings is 2. The molecule has 0 fully saturated rings. The Morgan fingerprint density at radius 2 is 1.35 bits per heavy atom. The van der Waals surface area contributed by atoms with Crippen LogP contribution in [0.3, 0.4) is 0 Å². The average Bonchev–Trinajstić information content (AvgIpc) is 2.82. The first-order chi connectivity index (χ1) is 16.6. The van der Waals surface area contributed by atoms with E-state index in [0.717, 1.165) is 18.5 Å². The smallest absolute Gasteiger partial charge is 0.337 e. The summed E-state index contributed by atoms with van der Waals surface area (Å²) < 4.78 is 0. The zero-order valence-electron chi connectivity index (χ0n) is 20.8. The molecule has 2 aromatic carbocycles. The lowest BCUT2D eigenvalue weighted by atomic mass is 10.0. The van der Waals surface area contributed by atoms with Crippen molar-refractivity contribution < 1.29 is 9.90 Å². The van der Waals surface area contributed by atoms with Gasteiger partial charge in [0, 0.05) is 10.7 Å². The standard InChI is InChI=1S/C29H43ClN2O2/c1-2-3-4-5-6-7-8-9-10-11-12-13-17-20-28(31-25-18-15-14-16-19-25)32-27-23-24(30)21-22-26(27)29(33)34/h14-16,18-19,21-23,28,31-32H,2-13,17,20H2,1H3,(H,33,34). The number of halogens is 1. The molecule has 5 heteroatoms. The molecule has 188 valence electrons. The Balaban J connectivity index is 1.73. The second-order valence-electron chi connectivity index (χ2n) is 9.23. The Labute approximate surface area is 211 Å². The van der Waals surface area contributed by atoms with Crippen molar-refractivity contribution >= 4 is 28.9 Å². The quantitative estimate of drug-likeness (QED) is 0.137. The van der Waals surface area contributed by atoms with E-state index in [2.05, 4.69) is 17.6 Å². The summed E-state index contributed by atoms with van der Waals surface area (Å²) in [5.74, 6) is -0.960. The molecule has 2 aromatic rings. The van der Waals surface area contributed by atoms with Gasteiger partial charge in [0.25, 0.3) is 0 Å². The summed E-state index contributed by atoms with van der Waals surface area (Å²) in [4.78, 5) is 11.7. The van der Waals surface area contributed by atoms with Crippen LogP contribution < -0.4 is 10.6 Å². The second-order valence-corrected chi connectivity index (χ2v) is 9.67. The topological polar surface area (TPSA) is 61.4 Å². The molecule has 1 unspecified atom stereocenters. The van der Waals surface area contributed by atoms with Gasteiger partial charge in [-0.3, -0.25) is 0 Å². The van der Waals surface area contributed by atoms with E-state index < -0.39 is 5.97 Å². The van der Waals surface area contributed by atoms with Crippen molar-refractivity contribution in [2.75, 3.05) is 10.6 Å². The van der Waals surface area contributed by atoms with Gasteiger partial charge in [-0.15, -0.1) is 0 Å². The fraction of sp³-hybridized carbons (Fsp3) is 0.552. The van der Waals surface area contributed by atoms with Crippen LogP contribution in [0.25, 0.3) is 0 Å². The van der Waals surface area contributed by atoms with Crippen molar-refractivity contribution in [3.63, 3.8) is 0 Å². The van der Waals surface area contributed by atoms with Gasteiger partial charge in [-0.2, -0.15) is 0 Å². The van der Waals surface area contributed by atoms with Crippen LogP contribution in [0.1, 0.15) is 107 Å². The van der Waals surface area contributed by atoms with Gasteiger partial charge in [-0.1, -0.05) is 114 Å². The molecule has 0 saturated carbocycles. The summed E-state index contributed by atoms with van der Waals surface area (Å²) in [6.45, 7) is 2.27. The van der Waals surface area contributed by atoms with Crippen molar-refractivity contribution in [3.8, 4) is 0 Å². The van der Waals surface area contributed by atoms with E-state index in [1.807, 2.05) is 30.3 Å². The zero-order chi connectivity index (χ0) is 24.4. The first-order valence-corrected chi connectivity index (χ1v) is 13.6. The number of unbranched alkanes of at least 4 members (excludes halogenated alkanes) is 12. The van der Waals surface area contributed by atoms with Gasteiger partial charge >= 0.3 is 5.97 Å². The third-order valence-electron chi connectivity index (χ3n) is 6.25. The Bertz CT molecular complexity index is 813. The van der Waals surface area contributed by atoms with Crippen LogP contribution in [0, 0.1) is 0 Å². The van der Waals surface area contributed by atoms with E-state index in [9.17, 15) is 9.90 Å². The molecular weight excluding hydrogens is 444 g/mol. The predicted octanol–water partition coefficient (Wildman–Crippen LogP) is 9.37. The van der Waals surface area contributed by atoms with Crippen LogP contribution in [0.15, 0.2) is 48.5 Å². The molecule has 0 spiro atoms. The number of aromatic carboxylic acids is 1. The lowest BCUT2D eigenvalue weighted by molar-refractivity contribution is 0.0698. The van der Waals surface area contributed by atoms with E-state index in [4.69, 9.17) is 11.6 Å². The van der Waals surface area contributed by atoms with Crippen molar-refractivity contribution in [2.45, 2.75) is 103 Å². The van der Waals surface area contributed by atoms with E-state index in [-0.39, 0.29) is 11.7 Å². The van der Waals surface area contributed by atoms with Crippen LogP contribution in [-0.4, -0.2) is 17.2 Å². The molecule has 0 aliphatic heterocycles. The molecule has 0 aliphatic rings. The molecule has 0 aliphatic carbocycles. The first-order valence-electron chi connectivity index (χ1n) is 13.2. The van der Waals surface area contributed by atoms with Gasteiger partial charge in [-0.05, 0) is 43.2 Å². The van der Waals surface area contributed by atoms with Crippen LogP contribution in [0.5, 0.6) is 0 Å². The first kappa shape index (κ1) is 28.0. The third-order valence-corrected chi connectivity index (χ3v) is 6.49. The number of carbonyl (C=O) groups is 1. The summed E-state index contributed by atoms with van der Waals surface area (Å²) in [5.41, 5.74) is 1.78. The number of anilines is 2. The molecule has 4 nitrogen and oxygen atoms in total. The van der Waals surface area contributed by atoms with E-state index in [1.54, 1.807) is 18.2 Å². The Hall–Kier alpha value is -2.20. The fourth-order valence-corrected chi connectivity index (χ4v) is 4.46. The van der Waals surface area contributed by atoms with Crippen molar-refractivity contribution in [2.24, 2.45) is 0 Å². The lowest BCUT2D eigenvalue weighted by Crippen LogP contribution is -2.29. The van der Waals surface area contributed by atoms with Gasteiger partial charge in [0.2, 0.25) is 0 Å². The van der Waals surface area contributed by atoms with Gasteiger partial charge in [0.1, 0.15) is 0 Å². The predicted molar refractivity (Wildman–Crippen MR) is 146 cm³/mol. The SMILES string of the molecule is CCCCCCCCCCCCCCCC(Nc1ccccc1)Nc1cc(Cl)ccc1C(=O)O. The monoisotopic (exact) mass is 486 g/mol. The molecule has 0 amide bonds. The molecule has 34 heavy (non-hydrogen) atoms. The second kappa shape index (κ2) is 17.3. The van der Waals surface area contributed by atoms with Gasteiger partial charge in [0.15, 0.2) is 0 Å². The highest BCUT2D eigenvalue weighted by Crippen LogP contribution is 2.24. The van der Waals surface area contributed by atoms with Gasteiger partial charge < -0.3 is 15.7 Å². The highest BCUT2D eigenvalue weighted by molar-refractivity contribution is 6.31. The third kappa shape index (κ3) is 11.8. The van der Waals surface area contributed by atoms with Crippen molar-refractivity contribution in [1.82, 2.24) is 0 Å². The number of rotatable bonds is 19. The zero-order valence-corrected chi connectivity index (χ0v) is 21.6. The Morgan fingerprint density at radius 1 is 0.794 bits per heavy atom. The maximum atomic E-state index is 11.7. The number of hydrogen-bond acceptors (Lipinski definition) is 3. The maximum Gasteiger partial charge on any atom is 0.337 e. The Kier molecular flexibility index (Phi) is 14.2. The summed E-state index contributed by atoms with van der Waals surface area (Å²) in [6.07, 6.45) is 18.0. The number of hydrogen-bond donors (Lipinski definition) is 3. The van der Waals surface area contributed by atoms with Crippen molar-refractivity contribution in [3.05, 3.63) is 59.1 Å². The molecular formula is C29H43ClN2O2. The molecule has 0 radical (unpaired) electrons. The lowest BCUT2D eigenvalue weighted by Gasteiger charge is -2.23. The normalized spacial score (nSPS) is 11.8. The summed E-state index contributed by atoms with van der Waals surface area (Å²) in [7, 11) is 0. The van der Waals surface area contributed by atoms with Crippen LogP contribution in [0.4, 0.5) is 11.4 Å². The van der Waals surface area contributed by atoms with Gasteiger partial charge in [0.05, 0.1) is 17.4 Å². The highest BCUT2D eigenvalue weighted by atomic mass is 35.5. The molecule has 2 rings (SSSR count). The summed E-state index contributed by atoms with van der Waals surface area (Å²) >= 11 is 6.15. The molecule has 3 N–H and O–H groups in total. The molecule has 0 aromatic heterocycles. The van der Waals surface area contributed by atoms with Crippen LogP contribution >= 0.6 is 11.6 Å². The van der Waals surface area contributed by atoms with Gasteiger partial charge in [-0.25, -0.2) is 4.79 Å². The number of carboxylic acid groups (broad SMARTS) is 1. The Morgan fingerprint density at radius 3 is 1.91 bits per heavy atom. The highest BCUT2D eigenvalue weighted by Gasteiger charge is 2.15. The summed E-state index contributed by atoms with van der Waals surface area (Å²) in [5, 5.41) is 17.0. The minimum Gasteiger partial charge on any atom is -0.478 e.